The van der Waals surface area contributed by atoms with Crippen molar-refractivity contribution < 1.29 is 80.2 Å². The zero-order valence-electron chi connectivity index (χ0n) is 54.9. The van der Waals surface area contributed by atoms with Crippen LogP contribution in [-0.2, 0) is 65.4 Å². The van der Waals surface area contributed by atoms with E-state index in [-0.39, 0.29) is 25.7 Å². The third-order valence-corrected chi connectivity index (χ3v) is 17.5. The van der Waals surface area contributed by atoms with Gasteiger partial charge in [-0.05, 0) is 37.5 Å². The van der Waals surface area contributed by atoms with Crippen LogP contribution in [0.25, 0.3) is 0 Å². The fourth-order valence-corrected chi connectivity index (χ4v) is 11.4. The molecular formula is C66H128O17P2. The molecule has 0 aromatic carbocycles. The quantitative estimate of drug-likeness (QED) is 0.0222. The van der Waals surface area contributed by atoms with Gasteiger partial charge in [0, 0.05) is 25.7 Å². The number of hydrogen-bond acceptors (Lipinski definition) is 15. The maximum absolute atomic E-state index is 13.0. The summed E-state index contributed by atoms with van der Waals surface area (Å²) in [7, 11) is -9.89. The van der Waals surface area contributed by atoms with Crippen LogP contribution >= 0.6 is 15.6 Å². The molecule has 3 N–H and O–H groups in total. The van der Waals surface area contributed by atoms with Crippen LogP contribution in [-0.4, -0.2) is 96.7 Å². The van der Waals surface area contributed by atoms with Crippen LogP contribution in [0.1, 0.15) is 330 Å². The van der Waals surface area contributed by atoms with Crippen LogP contribution in [0.2, 0.25) is 0 Å². The number of hydrogen-bond donors (Lipinski definition) is 3. The van der Waals surface area contributed by atoms with E-state index < -0.39 is 97.5 Å². The van der Waals surface area contributed by atoms with Gasteiger partial charge in [-0.2, -0.15) is 0 Å². The fourth-order valence-electron chi connectivity index (χ4n) is 9.85. The molecule has 6 atom stereocenters. The van der Waals surface area contributed by atoms with Crippen molar-refractivity contribution in [1.82, 2.24) is 0 Å². The molecule has 0 fully saturated rings. The molecule has 0 bridgehead atoms. The van der Waals surface area contributed by atoms with E-state index in [1.54, 1.807) is 0 Å². The Morgan fingerprint density at radius 1 is 0.341 bits per heavy atom. The summed E-state index contributed by atoms with van der Waals surface area (Å²) in [4.78, 5) is 72.3. The van der Waals surface area contributed by atoms with Gasteiger partial charge in [-0.25, -0.2) is 9.13 Å². The van der Waals surface area contributed by atoms with Gasteiger partial charge in [0.1, 0.15) is 19.3 Å². The third-order valence-electron chi connectivity index (χ3n) is 15.6. The van der Waals surface area contributed by atoms with Gasteiger partial charge in [0.05, 0.1) is 26.4 Å². The van der Waals surface area contributed by atoms with Gasteiger partial charge >= 0.3 is 39.5 Å². The number of carbonyl (C=O) groups is 4. The molecule has 0 aromatic rings. The van der Waals surface area contributed by atoms with Gasteiger partial charge in [0.15, 0.2) is 12.2 Å². The minimum absolute atomic E-state index is 0.103. The second-order valence-electron chi connectivity index (χ2n) is 24.6. The van der Waals surface area contributed by atoms with E-state index in [1.165, 1.54) is 141 Å². The number of unbranched alkanes of at least 4 members (excludes halogenated alkanes) is 34. The predicted molar refractivity (Wildman–Crippen MR) is 340 cm³/mol. The maximum Gasteiger partial charge on any atom is 0.472 e. The topological polar surface area (TPSA) is 237 Å². The molecule has 0 rings (SSSR count). The third kappa shape index (κ3) is 59.5. The molecule has 504 valence electrons. The molecule has 0 radical (unpaired) electrons. The second-order valence-corrected chi connectivity index (χ2v) is 27.5. The van der Waals surface area contributed by atoms with Crippen LogP contribution in [0.3, 0.4) is 0 Å². The normalized spacial score (nSPS) is 14.6. The Labute approximate surface area is 517 Å². The minimum Gasteiger partial charge on any atom is -0.462 e. The highest BCUT2D eigenvalue weighted by atomic mass is 31.2. The van der Waals surface area contributed by atoms with Gasteiger partial charge in [-0.1, -0.05) is 279 Å². The summed E-state index contributed by atoms with van der Waals surface area (Å²) < 4.78 is 68.1. The average Bonchev–Trinajstić information content (AvgIpc) is 3.56. The molecule has 85 heavy (non-hydrogen) atoms. The van der Waals surface area contributed by atoms with Crippen molar-refractivity contribution in [2.24, 2.45) is 11.8 Å². The van der Waals surface area contributed by atoms with E-state index in [2.05, 4.69) is 41.5 Å². The minimum atomic E-state index is -4.95. The molecule has 0 heterocycles. The molecule has 0 aliphatic rings. The van der Waals surface area contributed by atoms with Crippen molar-refractivity contribution in [3.05, 3.63) is 0 Å². The maximum atomic E-state index is 13.0. The van der Waals surface area contributed by atoms with Crippen LogP contribution in [0, 0.1) is 11.8 Å². The van der Waals surface area contributed by atoms with Crippen LogP contribution < -0.4 is 0 Å². The van der Waals surface area contributed by atoms with Crippen molar-refractivity contribution in [1.29, 1.82) is 0 Å². The summed E-state index contributed by atoms with van der Waals surface area (Å²) in [5, 5.41) is 10.5. The Hall–Kier alpha value is -1.94. The van der Waals surface area contributed by atoms with Gasteiger partial charge in [0.25, 0.3) is 0 Å². The molecule has 0 aromatic heterocycles. The average molecular weight is 1260 g/mol. The number of phosphoric acid groups is 2. The molecule has 17 nitrogen and oxygen atoms in total. The van der Waals surface area contributed by atoms with Gasteiger partial charge in [-0.3, -0.25) is 37.3 Å². The largest absolute Gasteiger partial charge is 0.472 e. The first-order valence-electron chi connectivity index (χ1n) is 34.5. The van der Waals surface area contributed by atoms with E-state index in [0.29, 0.717) is 31.6 Å². The van der Waals surface area contributed by atoms with Crippen LogP contribution in [0.15, 0.2) is 0 Å². The van der Waals surface area contributed by atoms with E-state index in [4.69, 9.17) is 37.0 Å². The Bertz CT molecular complexity index is 1670. The number of aliphatic hydroxyl groups excluding tert-OH is 1. The highest BCUT2D eigenvalue weighted by Gasteiger charge is 2.30. The Balaban J connectivity index is 5.23. The highest BCUT2D eigenvalue weighted by Crippen LogP contribution is 2.45. The Kier molecular flexibility index (Phi) is 57.1. The van der Waals surface area contributed by atoms with Crippen LogP contribution in [0.4, 0.5) is 0 Å². The van der Waals surface area contributed by atoms with Gasteiger partial charge in [0.2, 0.25) is 0 Å². The van der Waals surface area contributed by atoms with Crippen molar-refractivity contribution in [2.75, 3.05) is 39.6 Å². The number of aliphatic hydroxyl groups is 1. The molecule has 0 aliphatic carbocycles. The summed E-state index contributed by atoms with van der Waals surface area (Å²) in [6.45, 7) is 9.41. The molecule has 0 amide bonds. The molecule has 0 saturated heterocycles. The van der Waals surface area contributed by atoms with Crippen molar-refractivity contribution in [3.63, 3.8) is 0 Å². The van der Waals surface area contributed by atoms with E-state index in [0.717, 1.165) is 102 Å². The zero-order chi connectivity index (χ0) is 62.9. The molecule has 0 spiro atoms. The van der Waals surface area contributed by atoms with Crippen molar-refractivity contribution in [3.8, 4) is 0 Å². The highest BCUT2D eigenvalue weighted by molar-refractivity contribution is 7.47. The van der Waals surface area contributed by atoms with E-state index in [1.807, 2.05) is 0 Å². The summed E-state index contributed by atoms with van der Waals surface area (Å²) >= 11 is 0. The molecular weight excluding hydrogens is 1130 g/mol. The molecule has 3 unspecified atom stereocenters. The van der Waals surface area contributed by atoms with Crippen molar-refractivity contribution in [2.45, 2.75) is 349 Å². The number of phosphoric ester groups is 2. The lowest BCUT2D eigenvalue weighted by molar-refractivity contribution is -0.161. The standard InChI is InChI=1S/C66H128O17P2/c1-7-10-12-14-16-18-20-21-22-23-24-26-30-38-44-50-65(70)82-61(54-77-64(69)49-43-37-31-27-28-34-40-46-58(4)5)56-80-84(72,73)78-52-60(67)53-79-85(74,75)81-57-62(83-66(71)51-45-39-33-32-35-41-47-59(6)9-3)55-76-63(68)48-42-36-29-25-19-17-15-13-11-8-2/h58-62,67H,7-57H2,1-6H3,(H,72,73)(H,74,75)/t59?,60-,61-,62-/m1/s1. The van der Waals surface area contributed by atoms with Gasteiger partial charge in [-0.15, -0.1) is 0 Å². The lowest BCUT2D eigenvalue weighted by Gasteiger charge is -2.21. The lowest BCUT2D eigenvalue weighted by Crippen LogP contribution is -2.30. The SMILES string of the molecule is CCCCCCCCCCCCCCCCCC(=O)O[C@H](COC(=O)CCCCCCCCCC(C)C)COP(=O)(O)OC[C@@H](O)COP(=O)(O)OC[C@@H](COC(=O)CCCCCCCCCCCC)OC(=O)CCCCCCCCC(C)CC. The first-order chi connectivity index (χ1) is 40.9. The first kappa shape index (κ1) is 83.1. The zero-order valence-corrected chi connectivity index (χ0v) is 56.7. The molecule has 19 heteroatoms. The van der Waals surface area contributed by atoms with Crippen molar-refractivity contribution >= 4 is 39.5 Å². The number of ether oxygens (including phenoxy) is 4. The monoisotopic (exact) mass is 1250 g/mol. The Morgan fingerprint density at radius 2 is 0.600 bits per heavy atom. The first-order valence-corrected chi connectivity index (χ1v) is 37.5. The second kappa shape index (κ2) is 58.4. The molecule has 0 aliphatic heterocycles. The summed E-state index contributed by atoms with van der Waals surface area (Å²) in [6.07, 6.45) is 41.7. The Morgan fingerprint density at radius 3 is 0.894 bits per heavy atom. The number of carbonyl (C=O) groups excluding carboxylic acids is 4. The number of esters is 4. The smallest absolute Gasteiger partial charge is 0.462 e. The predicted octanol–water partition coefficient (Wildman–Crippen LogP) is 18.4. The van der Waals surface area contributed by atoms with E-state index in [9.17, 15) is 43.2 Å². The lowest BCUT2D eigenvalue weighted by atomic mass is 10.00. The summed E-state index contributed by atoms with van der Waals surface area (Å²) in [6, 6.07) is 0. The summed E-state index contributed by atoms with van der Waals surface area (Å²) in [5.74, 6) is -0.708. The van der Waals surface area contributed by atoms with Crippen LogP contribution in [0.5, 0.6) is 0 Å². The summed E-state index contributed by atoms with van der Waals surface area (Å²) in [5.41, 5.74) is 0. The van der Waals surface area contributed by atoms with E-state index >= 15 is 0 Å². The molecule has 0 saturated carbocycles. The number of rotatable bonds is 65. The fraction of sp³-hybridized carbons (Fsp3) is 0.939. The van der Waals surface area contributed by atoms with Gasteiger partial charge < -0.3 is 33.8 Å².